The van der Waals surface area contributed by atoms with Gasteiger partial charge in [-0.3, -0.25) is 9.59 Å². The first-order chi connectivity index (χ1) is 20.7. The molecule has 2 saturated heterocycles. The van der Waals surface area contributed by atoms with E-state index < -0.39 is 35.8 Å². The third kappa shape index (κ3) is 6.36. The number of aryl methyl sites for hydroxylation is 1. The van der Waals surface area contributed by atoms with Crippen molar-refractivity contribution in [2.75, 3.05) is 19.6 Å². The summed E-state index contributed by atoms with van der Waals surface area (Å²) in [4.78, 5) is 44.3. The zero-order valence-electron chi connectivity index (χ0n) is 23.7. The monoisotopic (exact) mass is 589 g/mol. The van der Waals surface area contributed by atoms with Gasteiger partial charge in [0.1, 0.15) is 29.6 Å². The molecule has 2 aliphatic heterocycles. The maximum absolute atomic E-state index is 14.7. The molecular formula is C32H33F2N5O4. The standard InChI is InChI=1S/C32H33F2N5O4/c1-3-13-37-20-30(41)38-28(15-23-10-12-26(40)14-21(23)2)31(42)36(18-24-9-11-25(33)16-27(24)34)19-29(38)39(37)32(43)35-17-22-7-5-4-6-8-22/h3-12,14,16,28-29,40H,1,13,15,17-20H2,2H3,(H,35,43)/t28?,29-/m0/s1. The number of carbonyl (C=O) groups is 3. The highest BCUT2D eigenvalue weighted by Crippen LogP contribution is 2.30. The molecule has 11 heteroatoms. The summed E-state index contributed by atoms with van der Waals surface area (Å²) in [5, 5.41) is 15.8. The number of hydrogen-bond donors (Lipinski definition) is 2. The second-order valence-electron chi connectivity index (χ2n) is 10.7. The van der Waals surface area contributed by atoms with Crippen LogP contribution in [0.3, 0.4) is 0 Å². The smallest absolute Gasteiger partial charge is 0.334 e. The summed E-state index contributed by atoms with van der Waals surface area (Å²) >= 11 is 0. The van der Waals surface area contributed by atoms with Gasteiger partial charge in [-0.25, -0.2) is 23.6 Å². The number of phenols is 1. The van der Waals surface area contributed by atoms with Gasteiger partial charge in [0.2, 0.25) is 11.8 Å². The number of amides is 4. The van der Waals surface area contributed by atoms with Gasteiger partial charge < -0.3 is 20.2 Å². The Morgan fingerprint density at radius 1 is 1.07 bits per heavy atom. The lowest BCUT2D eigenvalue weighted by Gasteiger charge is -2.55. The maximum atomic E-state index is 14.7. The molecule has 5 rings (SSSR count). The number of benzene rings is 3. The van der Waals surface area contributed by atoms with E-state index in [0.717, 1.165) is 28.8 Å². The molecule has 0 aliphatic carbocycles. The number of phenolic OH excluding ortho intramolecular Hbond substituents is 1. The van der Waals surface area contributed by atoms with E-state index in [9.17, 15) is 28.3 Å². The third-order valence-electron chi connectivity index (χ3n) is 7.78. The van der Waals surface area contributed by atoms with Crippen LogP contribution in [0.4, 0.5) is 13.6 Å². The van der Waals surface area contributed by atoms with Crippen molar-refractivity contribution in [1.29, 1.82) is 0 Å². The number of hydrazine groups is 1. The van der Waals surface area contributed by atoms with Crippen LogP contribution in [-0.2, 0) is 29.1 Å². The summed E-state index contributed by atoms with van der Waals surface area (Å²) < 4.78 is 28.4. The van der Waals surface area contributed by atoms with Crippen molar-refractivity contribution in [3.63, 3.8) is 0 Å². The Morgan fingerprint density at radius 2 is 1.81 bits per heavy atom. The fourth-order valence-corrected chi connectivity index (χ4v) is 5.67. The number of rotatable bonds is 8. The molecule has 3 aromatic rings. The van der Waals surface area contributed by atoms with Crippen LogP contribution in [0.1, 0.15) is 22.3 Å². The normalized spacial score (nSPS) is 18.9. The van der Waals surface area contributed by atoms with Gasteiger partial charge in [-0.15, -0.1) is 6.58 Å². The summed E-state index contributed by atoms with van der Waals surface area (Å²) in [5.74, 6) is -2.24. The number of fused-ring (bicyclic) bond motifs is 1. The molecule has 0 saturated carbocycles. The predicted octanol–water partition coefficient (Wildman–Crippen LogP) is 3.72. The number of halogens is 2. The molecule has 9 nitrogen and oxygen atoms in total. The molecule has 2 heterocycles. The van der Waals surface area contributed by atoms with Crippen LogP contribution in [0.5, 0.6) is 5.75 Å². The lowest BCUT2D eigenvalue weighted by molar-refractivity contribution is -0.189. The molecule has 2 atom stereocenters. The van der Waals surface area contributed by atoms with Crippen molar-refractivity contribution >= 4 is 17.8 Å². The van der Waals surface area contributed by atoms with E-state index in [1.165, 1.54) is 26.9 Å². The first kappa shape index (κ1) is 29.7. The maximum Gasteiger partial charge on any atom is 0.334 e. The van der Waals surface area contributed by atoms with E-state index in [1.54, 1.807) is 30.1 Å². The lowest BCUT2D eigenvalue weighted by Crippen LogP contribution is -2.76. The molecule has 4 amide bonds. The van der Waals surface area contributed by atoms with E-state index in [1.807, 2.05) is 30.3 Å². The molecule has 0 aromatic heterocycles. The Hall–Kier alpha value is -4.77. The summed E-state index contributed by atoms with van der Waals surface area (Å²) in [6.07, 6.45) is 0.772. The number of hydrogen-bond acceptors (Lipinski definition) is 5. The lowest BCUT2D eigenvalue weighted by atomic mass is 9.95. The molecule has 3 aromatic carbocycles. The van der Waals surface area contributed by atoms with E-state index in [-0.39, 0.29) is 56.4 Å². The first-order valence-corrected chi connectivity index (χ1v) is 14.0. The molecule has 2 N–H and O–H groups in total. The summed E-state index contributed by atoms with van der Waals surface area (Å²) in [6, 6.07) is 15.8. The van der Waals surface area contributed by atoms with Gasteiger partial charge in [0.25, 0.3) is 0 Å². The number of aromatic hydroxyl groups is 1. The van der Waals surface area contributed by atoms with Crippen molar-refractivity contribution in [2.24, 2.45) is 0 Å². The molecule has 1 unspecified atom stereocenters. The zero-order chi connectivity index (χ0) is 30.7. The minimum absolute atomic E-state index is 0.0675. The number of carbonyl (C=O) groups excluding carboxylic acids is 3. The quantitative estimate of drug-likeness (QED) is 0.391. The molecule has 0 spiro atoms. The molecule has 0 radical (unpaired) electrons. The van der Waals surface area contributed by atoms with Crippen LogP contribution in [0.25, 0.3) is 0 Å². The SMILES string of the molecule is C=CCN1CC(=O)N2C(Cc3ccc(O)cc3C)C(=O)N(Cc3ccc(F)cc3F)C[C@@H]2N1C(=O)NCc1ccccc1. The summed E-state index contributed by atoms with van der Waals surface area (Å²) in [5.41, 5.74) is 2.43. The van der Waals surface area contributed by atoms with Gasteiger partial charge >= 0.3 is 6.03 Å². The van der Waals surface area contributed by atoms with Crippen LogP contribution in [0, 0.1) is 18.6 Å². The Morgan fingerprint density at radius 3 is 2.51 bits per heavy atom. The highest BCUT2D eigenvalue weighted by molar-refractivity contribution is 5.91. The minimum atomic E-state index is -1.02. The summed E-state index contributed by atoms with van der Waals surface area (Å²) in [7, 11) is 0. The van der Waals surface area contributed by atoms with Crippen molar-refractivity contribution in [3.05, 3.63) is 113 Å². The van der Waals surface area contributed by atoms with Crippen LogP contribution in [0.15, 0.2) is 79.4 Å². The topological polar surface area (TPSA) is 96.4 Å². The second-order valence-corrected chi connectivity index (χ2v) is 10.7. The molecule has 2 fully saturated rings. The Balaban J connectivity index is 1.52. The highest BCUT2D eigenvalue weighted by Gasteiger charge is 2.51. The fraction of sp³-hybridized carbons (Fsp3) is 0.281. The van der Waals surface area contributed by atoms with Crippen molar-refractivity contribution in [3.8, 4) is 5.75 Å². The number of piperazine rings is 1. The van der Waals surface area contributed by atoms with Gasteiger partial charge in [-0.1, -0.05) is 48.5 Å². The Kier molecular flexibility index (Phi) is 8.72. The molecule has 0 bridgehead atoms. The Bertz CT molecular complexity index is 1540. The first-order valence-electron chi connectivity index (χ1n) is 14.0. The number of nitrogens with one attached hydrogen (secondary N) is 1. The number of nitrogens with zero attached hydrogens (tertiary/aromatic N) is 4. The van der Waals surface area contributed by atoms with Gasteiger partial charge in [0, 0.05) is 37.7 Å². The van der Waals surface area contributed by atoms with Crippen molar-refractivity contribution in [2.45, 2.75) is 38.6 Å². The molecule has 2 aliphatic rings. The largest absolute Gasteiger partial charge is 0.508 e. The van der Waals surface area contributed by atoms with Gasteiger partial charge in [-0.05, 0) is 41.8 Å². The van der Waals surface area contributed by atoms with Crippen LogP contribution >= 0.6 is 0 Å². The van der Waals surface area contributed by atoms with Crippen LogP contribution in [-0.4, -0.2) is 74.6 Å². The van der Waals surface area contributed by atoms with Crippen molar-refractivity contribution < 1.29 is 28.3 Å². The van der Waals surface area contributed by atoms with Crippen molar-refractivity contribution in [1.82, 2.24) is 25.1 Å². The second kappa shape index (κ2) is 12.6. The fourth-order valence-electron chi connectivity index (χ4n) is 5.67. The predicted molar refractivity (Wildman–Crippen MR) is 155 cm³/mol. The van der Waals surface area contributed by atoms with Crippen LogP contribution < -0.4 is 5.32 Å². The molecular weight excluding hydrogens is 556 g/mol. The Labute approximate surface area is 248 Å². The van der Waals surface area contributed by atoms with Gasteiger partial charge in [0.05, 0.1) is 13.1 Å². The summed E-state index contributed by atoms with van der Waals surface area (Å²) in [6.45, 7) is 5.55. The van der Waals surface area contributed by atoms with Gasteiger partial charge in [-0.2, -0.15) is 0 Å². The highest BCUT2D eigenvalue weighted by atomic mass is 19.1. The number of urea groups is 1. The molecule has 43 heavy (non-hydrogen) atoms. The average Bonchev–Trinajstić information content (AvgIpc) is 2.97. The van der Waals surface area contributed by atoms with E-state index in [4.69, 9.17) is 0 Å². The molecule has 224 valence electrons. The van der Waals surface area contributed by atoms with Gasteiger partial charge in [0.15, 0.2) is 0 Å². The van der Waals surface area contributed by atoms with E-state index in [0.29, 0.717) is 0 Å². The van der Waals surface area contributed by atoms with Crippen LogP contribution in [0.2, 0.25) is 0 Å². The van der Waals surface area contributed by atoms with E-state index in [2.05, 4.69) is 11.9 Å². The average molecular weight is 590 g/mol. The zero-order valence-corrected chi connectivity index (χ0v) is 23.7. The van der Waals surface area contributed by atoms with E-state index >= 15 is 0 Å². The minimum Gasteiger partial charge on any atom is -0.508 e. The third-order valence-corrected chi connectivity index (χ3v) is 7.78.